The molecule has 0 aliphatic carbocycles. The molecule has 124 valence electrons. The van der Waals surface area contributed by atoms with Crippen molar-refractivity contribution in [1.29, 1.82) is 0 Å². The zero-order valence-corrected chi connectivity index (χ0v) is 12.1. The number of carbonyl (C=O) groups excluding carboxylic acids is 2. The summed E-state index contributed by atoms with van der Waals surface area (Å²) in [4.78, 5) is 42.8. The molecule has 0 fully saturated rings. The number of rotatable bonds is 7. The van der Waals surface area contributed by atoms with E-state index in [-0.39, 0.29) is 12.2 Å². The van der Waals surface area contributed by atoms with Gasteiger partial charge in [-0.25, -0.2) is 9.59 Å². The van der Waals surface area contributed by atoms with E-state index in [4.69, 9.17) is 4.74 Å². The van der Waals surface area contributed by atoms with Gasteiger partial charge in [-0.2, -0.15) is 0 Å². The number of ether oxygens (including phenoxy) is 2. The van der Waals surface area contributed by atoms with Gasteiger partial charge < -0.3 is 15.2 Å². The number of nitro benzene ring substituents is 2. The fourth-order valence-electron chi connectivity index (χ4n) is 1.54. The van der Waals surface area contributed by atoms with Crippen molar-refractivity contribution in [2.24, 2.45) is 0 Å². The van der Waals surface area contributed by atoms with Crippen LogP contribution < -0.4 is 5.73 Å². The third kappa shape index (κ3) is 5.00. The number of esters is 2. The van der Waals surface area contributed by atoms with Crippen molar-refractivity contribution in [3.05, 3.63) is 44.0 Å². The molecule has 0 aromatic heterocycles. The third-order valence-corrected chi connectivity index (χ3v) is 2.62. The third-order valence-electron chi connectivity index (χ3n) is 2.62. The Kier molecular flexibility index (Phi) is 6.09. The van der Waals surface area contributed by atoms with E-state index >= 15 is 0 Å². The first-order valence-corrected chi connectivity index (χ1v) is 6.35. The van der Waals surface area contributed by atoms with Crippen molar-refractivity contribution in [3.63, 3.8) is 0 Å². The van der Waals surface area contributed by atoms with Gasteiger partial charge in [0.25, 0.3) is 17.4 Å². The van der Waals surface area contributed by atoms with Gasteiger partial charge in [0.15, 0.2) is 0 Å². The molecule has 1 atom stereocenters. The molecule has 11 nitrogen and oxygen atoms in total. The molecule has 0 spiro atoms. The summed E-state index contributed by atoms with van der Waals surface area (Å²) in [5, 5.41) is 21.5. The molecule has 0 radical (unpaired) electrons. The van der Waals surface area contributed by atoms with Crippen molar-refractivity contribution in [3.8, 4) is 0 Å². The highest BCUT2D eigenvalue weighted by Crippen LogP contribution is 2.23. The van der Waals surface area contributed by atoms with Crippen molar-refractivity contribution in [1.82, 2.24) is 0 Å². The van der Waals surface area contributed by atoms with Crippen LogP contribution in [0.2, 0.25) is 0 Å². The Labute approximate surface area is 129 Å². The minimum Gasteiger partial charge on any atom is -0.461 e. The maximum atomic E-state index is 11.6. The molecule has 0 saturated carbocycles. The van der Waals surface area contributed by atoms with Gasteiger partial charge in [0.1, 0.15) is 6.61 Å². The van der Waals surface area contributed by atoms with Crippen LogP contribution in [0.15, 0.2) is 18.2 Å². The summed E-state index contributed by atoms with van der Waals surface area (Å²) in [7, 11) is 0. The Bertz CT molecular complexity index is 613. The van der Waals surface area contributed by atoms with E-state index in [9.17, 15) is 29.8 Å². The molecule has 1 aromatic rings. The topological polar surface area (TPSA) is 167 Å². The lowest BCUT2D eigenvalue weighted by molar-refractivity contribution is -0.398. The molecular formula is C12H14N3O8+. The minimum absolute atomic E-state index is 0.0373. The fourth-order valence-corrected chi connectivity index (χ4v) is 1.54. The summed E-state index contributed by atoms with van der Waals surface area (Å²) in [5.74, 6) is -1.87. The number of benzene rings is 1. The van der Waals surface area contributed by atoms with E-state index in [1.165, 1.54) is 0 Å². The second kappa shape index (κ2) is 7.79. The van der Waals surface area contributed by atoms with Crippen LogP contribution in [0.25, 0.3) is 0 Å². The number of nitrogens with zero attached hydrogens (tertiary/aromatic N) is 2. The maximum Gasteiger partial charge on any atom is 0.377 e. The average molecular weight is 328 g/mol. The standard InChI is InChI=1S/C12H13N3O8/c1-2-22-11(16)10(13)12(17)23-6-7-3-8(14(18)19)5-9(4-7)15(20)21/h3-5,10H,2,6,13H2,1H3/p+1. The average Bonchev–Trinajstić information content (AvgIpc) is 2.51. The first-order valence-electron chi connectivity index (χ1n) is 6.35. The van der Waals surface area contributed by atoms with Crippen LogP contribution in [0.5, 0.6) is 0 Å². The number of quaternary nitrogens is 1. The fraction of sp³-hybridized carbons (Fsp3) is 0.333. The van der Waals surface area contributed by atoms with E-state index in [1.807, 2.05) is 0 Å². The predicted octanol–water partition coefficient (Wildman–Crippen LogP) is -0.280. The van der Waals surface area contributed by atoms with Crippen molar-refractivity contribution in [2.45, 2.75) is 19.6 Å². The molecule has 1 unspecified atom stereocenters. The van der Waals surface area contributed by atoms with E-state index in [0.717, 1.165) is 18.2 Å². The van der Waals surface area contributed by atoms with Crippen LogP contribution >= 0.6 is 0 Å². The molecule has 0 amide bonds. The number of nitro groups is 2. The van der Waals surface area contributed by atoms with Crippen LogP contribution in [0.1, 0.15) is 12.5 Å². The van der Waals surface area contributed by atoms with Crippen LogP contribution in [0.4, 0.5) is 11.4 Å². The van der Waals surface area contributed by atoms with Crippen LogP contribution in [0.3, 0.4) is 0 Å². The monoisotopic (exact) mass is 328 g/mol. The molecule has 1 rings (SSSR count). The summed E-state index contributed by atoms with van der Waals surface area (Å²) in [6.07, 6.45) is 0. The highest BCUT2D eigenvalue weighted by molar-refractivity contribution is 5.97. The lowest BCUT2D eigenvalue weighted by atomic mass is 10.2. The molecule has 1 aromatic carbocycles. The molecule has 3 N–H and O–H groups in total. The molecule has 0 aliphatic heterocycles. The quantitative estimate of drug-likeness (QED) is 0.308. The summed E-state index contributed by atoms with van der Waals surface area (Å²) < 4.78 is 9.38. The van der Waals surface area contributed by atoms with Gasteiger partial charge >= 0.3 is 11.9 Å². The van der Waals surface area contributed by atoms with Crippen molar-refractivity contribution < 1.29 is 34.6 Å². The van der Waals surface area contributed by atoms with Gasteiger partial charge in [-0.05, 0) is 6.92 Å². The molecule has 0 saturated heterocycles. The van der Waals surface area contributed by atoms with E-state index in [2.05, 4.69) is 10.5 Å². The van der Waals surface area contributed by atoms with Crippen molar-refractivity contribution >= 4 is 23.3 Å². The van der Waals surface area contributed by atoms with Gasteiger partial charge in [-0.15, -0.1) is 0 Å². The maximum absolute atomic E-state index is 11.6. The zero-order valence-electron chi connectivity index (χ0n) is 12.1. The first-order chi connectivity index (χ1) is 10.8. The second-order valence-corrected chi connectivity index (χ2v) is 4.28. The number of hydrogen-bond acceptors (Lipinski definition) is 8. The Balaban J connectivity index is 2.84. The predicted molar refractivity (Wildman–Crippen MR) is 72.9 cm³/mol. The smallest absolute Gasteiger partial charge is 0.377 e. The van der Waals surface area contributed by atoms with Gasteiger partial charge in [0, 0.05) is 17.7 Å². The summed E-state index contributed by atoms with van der Waals surface area (Å²) in [5.41, 5.74) is 2.31. The second-order valence-electron chi connectivity index (χ2n) is 4.28. The number of carbonyl (C=O) groups is 2. The normalized spacial score (nSPS) is 11.4. The lowest BCUT2D eigenvalue weighted by Gasteiger charge is -2.08. The zero-order chi connectivity index (χ0) is 17.6. The highest BCUT2D eigenvalue weighted by Gasteiger charge is 2.29. The number of hydrogen-bond donors (Lipinski definition) is 1. The Morgan fingerprint density at radius 2 is 1.57 bits per heavy atom. The van der Waals surface area contributed by atoms with Gasteiger partial charge in [-0.3, -0.25) is 20.2 Å². The highest BCUT2D eigenvalue weighted by atomic mass is 16.6. The Morgan fingerprint density at radius 3 is 2.00 bits per heavy atom. The molecule has 0 heterocycles. The molecule has 0 bridgehead atoms. The van der Waals surface area contributed by atoms with Crippen LogP contribution in [-0.2, 0) is 25.7 Å². The van der Waals surface area contributed by atoms with Gasteiger partial charge in [0.2, 0.25) is 0 Å². The lowest BCUT2D eigenvalue weighted by Crippen LogP contribution is -2.69. The number of non-ortho nitro benzene ring substituents is 2. The van der Waals surface area contributed by atoms with E-state index < -0.39 is 45.8 Å². The Hall–Kier alpha value is -3.08. The van der Waals surface area contributed by atoms with Gasteiger partial charge in [-0.1, -0.05) is 0 Å². The van der Waals surface area contributed by atoms with Crippen LogP contribution in [-0.4, -0.2) is 34.4 Å². The van der Waals surface area contributed by atoms with E-state index in [1.54, 1.807) is 6.92 Å². The SMILES string of the molecule is CCOC(=O)C([NH3+])C(=O)OCc1cc([N+](=O)[O-])cc([N+](=O)[O-])c1. The minimum atomic E-state index is -1.41. The molecule has 23 heavy (non-hydrogen) atoms. The van der Waals surface area contributed by atoms with Gasteiger partial charge in [0.05, 0.1) is 22.5 Å². The van der Waals surface area contributed by atoms with Crippen LogP contribution in [0, 0.1) is 20.2 Å². The van der Waals surface area contributed by atoms with E-state index in [0.29, 0.717) is 0 Å². The molecule has 0 aliphatic rings. The Morgan fingerprint density at radius 1 is 1.09 bits per heavy atom. The first kappa shape index (κ1) is 18.0. The molecular weight excluding hydrogens is 314 g/mol. The molecule has 11 heteroatoms. The summed E-state index contributed by atoms with van der Waals surface area (Å²) in [6.45, 7) is 1.14. The van der Waals surface area contributed by atoms with Crippen molar-refractivity contribution in [2.75, 3.05) is 6.61 Å². The summed E-state index contributed by atoms with van der Waals surface area (Å²) >= 11 is 0. The largest absolute Gasteiger partial charge is 0.461 e. The summed E-state index contributed by atoms with van der Waals surface area (Å²) in [6, 6.07) is 1.43.